The van der Waals surface area contributed by atoms with Gasteiger partial charge in [-0.1, -0.05) is 54.6 Å². The van der Waals surface area contributed by atoms with Crippen molar-refractivity contribution in [3.05, 3.63) is 84.4 Å². The summed E-state index contributed by atoms with van der Waals surface area (Å²) in [5, 5.41) is 9.53. The summed E-state index contributed by atoms with van der Waals surface area (Å²) in [6.45, 7) is 2.27. The first-order valence-corrected chi connectivity index (χ1v) is 10.1. The van der Waals surface area contributed by atoms with Crippen LogP contribution in [0.2, 0.25) is 0 Å². The first-order chi connectivity index (χ1) is 14.2. The highest BCUT2D eigenvalue weighted by atomic mass is 16.5. The maximum atomic E-state index is 11.6. The number of carbonyl (C=O) groups is 1. The van der Waals surface area contributed by atoms with E-state index < -0.39 is 12.1 Å². The summed E-state index contributed by atoms with van der Waals surface area (Å²) >= 11 is 0. The third kappa shape index (κ3) is 4.60. The molecule has 1 heterocycles. The Morgan fingerprint density at radius 3 is 1.97 bits per heavy atom. The summed E-state index contributed by atoms with van der Waals surface area (Å²) in [5.74, 6) is -0.469. The zero-order valence-electron chi connectivity index (χ0n) is 16.3. The summed E-state index contributed by atoms with van der Waals surface area (Å²) in [6.07, 6.45) is 2.84. The van der Waals surface area contributed by atoms with Crippen LogP contribution in [0.25, 0.3) is 11.1 Å². The van der Waals surface area contributed by atoms with Crippen molar-refractivity contribution in [3.63, 3.8) is 0 Å². The number of benzene rings is 3. The fourth-order valence-corrected chi connectivity index (χ4v) is 3.77. The van der Waals surface area contributed by atoms with Gasteiger partial charge in [-0.3, -0.25) is 0 Å². The van der Waals surface area contributed by atoms with Crippen molar-refractivity contribution in [2.45, 2.75) is 25.4 Å². The van der Waals surface area contributed by atoms with Crippen molar-refractivity contribution >= 4 is 11.7 Å². The molecule has 0 amide bonds. The van der Waals surface area contributed by atoms with Gasteiger partial charge >= 0.3 is 5.97 Å². The van der Waals surface area contributed by atoms with Crippen molar-refractivity contribution in [2.75, 3.05) is 18.0 Å². The van der Waals surface area contributed by atoms with Crippen LogP contribution in [0.1, 0.15) is 30.9 Å². The number of piperidine rings is 1. The highest BCUT2D eigenvalue weighted by Crippen LogP contribution is 2.28. The van der Waals surface area contributed by atoms with E-state index in [9.17, 15) is 9.90 Å². The molecule has 1 saturated heterocycles. The van der Waals surface area contributed by atoms with E-state index in [4.69, 9.17) is 4.74 Å². The van der Waals surface area contributed by atoms with Crippen LogP contribution in [0, 0.1) is 0 Å². The Kier molecular flexibility index (Phi) is 5.80. The van der Waals surface area contributed by atoms with Gasteiger partial charge in [-0.15, -0.1) is 0 Å². The molecule has 4 heteroatoms. The predicted octanol–water partition coefficient (Wildman–Crippen LogP) is 5.55. The highest BCUT2D eigenvalue weighted by Gasteiger charge is 2.21. The molecule has 1 unspecified atom stereocenters. The Labute approximate surface area is 171 Å². The van der Waals surface area contributed by atoms with E-state index in [0.717, 1.165) is 24.2 Å². The highest BCUT2D eigenvalue weighted by molar-refractivity contribution is 5.75. The summed E-state index contributed by atoms with van der Waals surface area (Å²) in [6, 6.07) is 25.2. The number of carboxylic acids is 1. The molecule has 3 aromatic carbocycles. The van der Waals surface area contributed by atoms with E-state index in [0.29, 0.717) is 11.3 Å². The molecular weight excluding hydrogens is 362 g/mol. The number of aliphatic carboxylic acids is 1. The second kappa shape index (κ2) is 8.82. The molecule has 1 aliphatic heterocycles. The summed E-state index contributed by atoms with van der Waals surface area (Å²) in [7, 11) is 0. The number of nitrogens with zero attached hydrogens (tertiary/aromatic N) is 1. The number of anilines is 1. The second-order valence-electron chi connectivity index (χ2n) is 7.37. The number of hydrogen-bond acceptors (Lipinski definition) is 3. The van der Waals surface area contributed by atoms with Gasteiger partial charge in [0.05, 0.1) is 0 Å². The van der Waals surface area contributed by atoms with Crippen LogP contribution in [0.4, 0.5) is 5.69 Å². The van der Waals surface area contributed by atoms with Crippen LogP contribution in [0.15, 0.2) is 78.9 Å². The Balaban J connectivity index is 1.46. The number of carboxylic acid groups (broad SMARTS) is 1. The van der Waals surface area contributed by atoms with Gasteiger partial charge in [-0.2, -0.15) is 0 Å². The first kappa shape index (κ1) is 19.1. The van der Waals surface area contributed by atoms with E-state index in [1.807, 2.05) is 42.5 Å². The lowest BCUT2D eigenvalue weighted by molar-refractivity contribution is -0.145. The first-order valence-electron chi connectivity index (χ1n) is 10.1. The summed E-state index contributed by atoms with van der Waals surface area (Å²) in [4.78, 5) is 14.1. The topological polar surface area (TPSA) is 49.8 Å². The molecule has 29 heavy (non-hydrogen) atoms. The predicted molar refractivity (Wildman–Crippen MR) is 115 cm³/mol. The fourth-order valence-electron chi connectivity index (χ4n) is 3.77. The molecule has 4 rings (SSSR count). The van der Waals surface area contributed by atoms with Crippen LogP contribution in [0.3, 0.4) is 0 Å². The fraction of sp³-hybridized carbons (Fsp3) is 0.240. The molecule has 1 aliphatic rings. The maximum Gasteiger partial charge on any atom is 0.349 e. The Bertz CT molecular complexity index is 930. The van der Waals surface area contributed by atoms with Crippen LogP contribution < -0.4 is 9.64 Å². The van der Waals surface area contributed by atoms with Crippen LogP contribution >= 0.6 is 0 Å². The molecule has 0 aliphatic carbocycles. The smallest absolute Gasteiger partial charge is 0.349 e. The van der Waals surface area contributed by atoms with Gasteiger partial charge in [0.1, 0.15) is 5.75 Å². The molecule has 1 N–H and O–H groups in total. The number of rotatable bonds is 6. The summed E-state index contributed by atoms with van der Waals surface area (Å²) in [5.41, 5.74) is 4.11. The van der Waals surface area contributed by atoms with Crippen molar-refractivity contribution in [1.82, 2.24) is 0 Å². The molecule has 3 aromatic rings. The standard InChI is InChI=1S/C25H25NO3/c27-25(28)24(21-7-3-1-4-8-21)29-23-15-11-20(12-16-23)19-9-13-22(14-10-19)26-17-5-2-6-18-26/h1,3-4,7-16,24H,2,5-6,17-18H2,(H,27,28). The minimum atomic E-state index is -1.02. The lowest BCUT2D eigenvalue weighted by atomic mass is 10.0. The van der Waals surface area contributed by atoms with E-state index >= 15 is 0 Å². The van der Waals surface area contributed by atoms with Crippen molar-refractivity contribution in [3.8, 4) is 16.9 Å². The molecule has 4 nitrogen and oxygen atoms in total. The molecule has 0 radical (unpaired) electrons. The Morgan fingerprint density at radius 1 is 0.793 bits per heavy atom. The van der Waals surface area contributed by atoms with Gasteiger partial charge in [0.15, 0.2) is 0 Å². The zero-order chi connectivity index (χ0) is 20.1. The quantitative estimate of drug-likeness (QED) is 0.603. The summed E-state index contributed by atoms with van der Waals surface area (Å²) < 4.78 is 5.75. The number of ether oxygens (including phenoxy) is 1. The molecule has 0 saturated carbocycles. The minimum absolute atomic E-state index is 0.537. The monoisotopic (exact) mass is 387 g/mol. The number of hydrogen-bond donors (Lipinski definition) is 1. The van der Waals surface area contributed by atoms with Crippen LogP contribution in [0.5, 0.6) is 5.75 Å². The zero-order valence-corrected chi connectivity index (χ0v) is 16.3. The average molecular weight is 387 g/mol. The minimum Gasteiger partial charge on any atom is -0.478 e. The lowest BCUT2D eigenvalue weighted by Crippen LogP contribution is -2.29. The van der Waals surface area contributed by atoms with Crippen LogP contribution in [-0.2, 0) is 4.79 Å². The van der Waals surface area contributed by atoms with Crippen LogP contribution in [-0.4, -0.2) is 24.2 Å². The van der Waals surface area contributed by atoms with E-state index in [-0.39, 0.29) is 0 Å². The van der Waals surface area contributed by atoms with E-state index in [2.05, 4.69) is 29.2 Å². The maximum absolute atomic E-state index is 11.6. The molecule has 0 aromatic heterocycles. The van der Waals surface area contributed by atoms with Crippen molar-refractivity contribution in [2.24, 2.45) is 0 Å². The second-order valence-corrected chi connectivity index (χ2v) is 7.37. The van der Waals surface area contributed by atoms with Crippen molar-refractivity contribution < 1.29 is 14.6 Å². The largest absolute Gasteiger partial charge is 0.478 e. The van der Waals surface area contributed by atoms with E-state index in [1.165, 1.54) is 24.9 Å². The molecule has 0 spiro atoms. The lowest BCUT2D eigenvalue weighted by Gasteiger charge is -2.28. The Morgan fingerprint density at radius 2 is 1.38 bits per heavy atom. The third-order valence-corrected chi connectivity index (χ3v) is 5.36. The van der Waals surface area contributed by atoms with Gasteiger partial charge in [-0.25, -0.2) is 4.79 Å². The SMILES string of the molecule is O=C(O)C(Oc1ccc(-c2ccc(N3CCCCC3)cc2)cc1)c1ccccc1. The van der Waals surface area contributed by atoms with Crippen molar-refractivity contribution in [1.29, 1.82) is 0 Å². The van der Waals surface area contributed by atoms with Gasteiger partial charge in [0.2, 0.25) is 6.10 Å². The molecule has 1 atom stereocenters. The Hall–Kier alpha value is -3.27. The normalized spacial score (nSPS) is 15.0. The molecule has 0 bridgehead atoms. The van der Waals surface area contributed by atoms with Gasteiger partial charge in [-0.05, 0) is 54.7 Å². The molecule has 1 fully saturated rings. The van der Waals surface area contributed by atoms with Gasteiger partial charge in [0.25, 0.3) is 0 Å². The molecular formula is C25H25NO3. The van der Waals surface area contributed by atoms with E-state index in [1.54, 1.807) is 12.1 Å². The third-order valence-electron chi connectivity index (χ3n) is 5.36. The molecule has 148 valence electrons. The van der Waals surface area contributed by atoms with Gasteiger partial charge < -0.3 is 14.7 Å². The average Bonchev–Trinajstić information content (AvgIpc) is 2.79. The van der Waals surface area contributed by atoms with Gasteiger partial charge in [0, 0.05) is 24.3 Å².